The number of nitrogen functional groups attached to an aromatic ring is 1. The van der Waals surface area contributed by atoms with E-state index in [4.69, 9.17) is 22.2 Å². The number of phenolic OH excluding ortho intramolecular Hbond substituents is 1. The van der Waals surface area contributed by atoms with E-state index in [2.05, 4.69) is 36.3 Å². The highest BCUT2D eigenvalue weighted by Crippen LogP contribution is 2.41. The van der Waals surface area contributed by atoms with Crippen molar-refractivity contribution in [3.05, 3.63) is 51.1 Å². The Morgan fingerprint density at radius 3 is 2.82 bits per heavy atom. The number of carbonyl (C=O) groups excluding carboxylic acids is 3. The van der Waals surface area contributed by atoms with E-state index in [0.717, 1.165) is 16.2 Å². The Bertz CT molecular complexity index is 1730. The molecule has 1 aromatic carbocycles. The van der Waals surface area contributed by atoms with Crippen molar-refractivity contribution in [3.8, 4) is 5.75 Å². The number of aliphatic carboxylic acids is 1. The van der Waals surface area contributed by atoms with Gasteiger partial charge in [0.15, 0.2) is 10.8 Å². The third-order valence-electron chi connectivity index (χ3n) is 6.31. The number of nitrogens with one attached hydrogen (secondary N) is 2. The average Bonchev–Trinajstić information content (AvgIpc) is 3.63. The molecule has 2 aromatic heterocycles. The summed E-state index contributed by atoms with van der Waals surface area (Å²) in [5.74, 6) is -2.99. The second kappa shape index (κ2) is 13.7. The summed E-state index contributed by atoms with van der Waals surface area (Å²) >= 11 is 9.48. The fourth-order valence-electron chi connectivity index (χ4n) is 4.21. The molecule has 2 atom stereocenters. The van der Waals surface area contributed by atoms with Crippen molar-refractivity contribution in [3.63, 3.8) is 0 Å². The molecular formula is C24H23ClN10O7S3. The normalized spacial score (nSPS) is 17.9. The minimum absolute atomic E-state index is 0.0293. The summed E-state index contributed by atoms with van der Waals surface area (Å²) in [5, 5.41) is 41.7. The third kappa shape index (κ3) is 6.97. The summed E-state index contributed by atoms with van der Waals surface area (Å²) in [4.78, 5) is 61.5. The summed E-state index contributed by atoms with van der Waals surface area (Å²) in [7, 11) is 1.65. The molecule has 17 nitrogen and oxygen atoms in total. The molecule has 1 fully saturated rings. The van der Waals surface area contributed by atoms with Gasteiger partial charge in [-0.3, -0.25) is 19.3 Å². The number of nitrogens with zero attached hydrogens (tertiary/aromatic N) is 7. The van der Waals surface area contributed by atoms with E-state index >= 15 is 0 Å². The van der Waals surface area contributed by atoms with E-state index < -0.39 is 35.1 Å². The highest BCUT2D eigenvalue weighted by atomic mass is 35.5. The van der Waals surface area contributed by atoms with Gasteiger partial charge in [-0.2, -0.15) is 0 Å². The number of thiazole rings is 1. The van der Waals surface area contributed by atoms with E-state index in [1.54, 1.807) is 7.05 Å². The number of β-lactam (4-membered cyclic amide) rings is 1. The Labute approximate surface area is 271 Å². The van der Waals surface area contributed by atoms with Crippen molar-refractivity contribution in [2.24, 2.45) is 12.2 Å². The van der Waals surface area contributed by atoms with E-state index in [1.165, 1.54) is 51.8 Å². The number of thioether (sulfide) groups is 2. The molecule has 3 aromatic rings. The maximum absolute atomic E-state index is 13.3. The molecule has 0 saturated carbocycles. The zero-order valence-electron chi connectivity index (χ0n) is 23.0. The lowest BCUT2D eigenvalue weighted by atomic mass is 10.0. The predicted molar refractivity (Wildman–Crippen MR) is 164 cm³/mol. The monoisotopic (exact) mass is 694 g/mol. The maximum Gasteiger partial charge on any atom is 0.352 e. The molecule has 0 bridgehead atoms. The first-order valence-electron chi connectivity index (χ1n) is 12.8. The summed E-state index contributed by atoms with van der Waals surface area (Å²) in [6.45, 7) is -0.217. The Morgan fingerprint density at radius 2 is 2.13 bits per heavy atom. The van der Waals surface area contributed by atoms with Gasteiger partial charge in [-0.15, -0.1) is 28.2 Å². The molecule has 2 aliphatic rings. The second-order valence-electron chi connectivity index (χ2n) is 9.25. The zero-order chi connectivity index (χ0) is 32.2. The number of rotatable bonds is 12. The first-order valence-corrected chi connectivity index (χ1v) is 16.1. The number of carboxylic acids is 1. The maximum atomic E-state index is 13.3. The average molecular weight is 695 g/mol. The molecule has 1 saturated heterocycles. The first-order chi connectivity index (χ1) is 21.5. The smallest absolute Gasteiger partial charge is 0.352 e. The highest BCUT2D eigenvalue weighted by molar-refractivity contribution is 8.01. The van der Waals surface area contributed by atoms with Gasteiger partial charge in [-0.1, -0.05) is 28.5 Å². The quantitative estimate of drug-likeness (QED) is 0.0563. The first kappa shape index (κ1) is 32.0. The number of carbonyl (C=O) groups is 4. The summed E-state index contributed by atoms with van der Waals surface area (Å²) in [6, 6.07) is 2.99. The molecule has 0 aliphatic carbocycles. The number of anilines is 1. The van der Waals surface area contributed by atoms with Crippen LogP contribution in [0.25, 0.3) is 0 Å². The number of aryl methyl sites for hydroxylation is 1. The summed E-state index contributed by atoms with van der Waals surface area (Å²) < 4.78 is 1.45. The highest BCUT2D eigenvalue weighted by Gasteiger charge is 2.54. The number of hydrogen-bond acceptors (Lipinski definition) is 15. The number of halogens is 1. The van der Waals surface area contributed by atoms with E-state index in [1.807, 2.05) is 0 Å². The Balaban J connectivity index is 1.23. The predicted octanol–water partition coefficient (Wildman–Crippen LogP) is 0.289. The number of tetrazole rings is 1. The van der Waals surface area contributed by atoms with Gasteiger partial charge in [0.1, 0.15) is 35.2 Å². The van der Waals surface area contributed by atoms with Crippen LogP contribution in [0.2, 0.25) is 5.02 Å². The van der Waals surface area contributed by atoms with Crippen LogP contribution >= 0.6 is 46.5 Å². The lowest BCUT2D eigenvalue weighted by Crippen LogP contribution is -2.71. The third-order valence-corrected chi connectivity index (χ3v) is 9.66. The molecule has 0 radical (unpaired) electrons. The molecule has 21 heteroatoms. The van der Waals surface area contributed by atoms with Crippen LogP contribution in [0.1, 0.15) is 16.1 Å². The van der Waals surface area contributed by atoms with Crippen LogP contribution < -0.4 is 16.4 Å². The van der Waals surface area contributed by atoms with Crippen LogP contribution in [0, 0.1) is 0 Å². The van der Waals surface area contributed by atoms with Gasteiger partial charge in [-0.25, -0.2) is 14.5 Å². The molecule has 4 heterocycles. The number of carboxylic acid groups (broad SMARTS) is 1. The fourth-order valence-corrected chi connectivity index (χ4v) is 7.26. The summed E-state index contributed by atoms with van der Waals surface area (Å²) in [6.07, 6.45) is 0. The number of oxime groups is 1. The lowest BCUT2D eigenvalue weighted by Gasteiger charge is -2.49. The molecule has 236 valence electrons. The number of aromatic nitrogens is 5. The van der Waals surface area contributed by atoms with E-state index in [9.17, 15) is 29.4 Å². The van der Waals surface area contributed by atoms with Crippen LogP contribution in [0.5, 0.6) is 5.75 Å². The fraction of sp³-hybridized carbons (Fsp3) is 0.292. The Hall–Kier alpha value is -4.40. The van der Waals surface area contributed by atoms with E-state index in [0.29, 0.717) is 16.5 Å². The number of phenols is 1. The SMILES string of the molecule is Cn1nnnc1SCC1=C(C(=O)O)N2C(=O)C(NC(=O)C(=NOCCNC(=O)c3cc(Cl)ccc3O)c3csc(N)n3)[C@@H]2SC1. The standard InChI is InChI=1S/C24H23ClN10O7S3/c1-34-24(30-32-33-34)45-8-10-7-43-21-16(20(39)35(21)17(10)22(40)41)29-19(38)15(13-9-44-23(26)28-13)31-42-5-4-27-18(37)12-6-11(25)2-3-14(12)36/h2-3,6,9,16,21,36H,4-5,7-8H2,1H3,(H2,26,28)(H,27,37)(H,29,38)(H,40,41)/t16?,21-/m0/s1. The molecule has 0 spiro atoms. The second-order valence-corrected chi connectivity index (χ2v) is 12.6. The van der Waals surface area contributed by atoms with Gasteiger partial charge in [0.05, 0.1) is 12.1 Å². The van der Waals surface area contributed by atoms with Crippen molar-refractivity contribution in [2.75, 3.05) is 30.4 Å². The van der Waals surface area contributed by atoms with Crippen LogP contribution in [0.4, 0.5) is 5.13 Å². The van der Waals surface area contributed by atoms with E-state index in [-0.39, 0.29) is 57.5 Å². The molecule has 5 rings (SSSR count). The Morgan fingerprint density at radius 1 is 1.33 bits per heavy atom. The minimum atomic E-state index is -1.27. The number of nitrogens with two attached hydrogens (primary N) is 1. The molecular weight excluding hydrogens is 672 g/mol. The number of benzene rings is 1. The zero-order valence-corrected chi connectivity index (χ0v) is 26.2. The number of amides is 3. The van der Waals surface area contributed by atoms with Gasteiger partial charge in [0.25, 0.3) is 17.7 Å². The van der Waals surface area contributed by atoms with Crippen LogP contribution in [-0.2, 0) is 26.3 Å². The molecule has 3 amide bonds. The topological polar surface area (TPSA) is 240 Å². The van der Waals surface area contributed by atoms with Crippen LogP contribution in [-0.4, -0.2) is 106 Å². The molecule has 1 unspecified atom stereocenters. The van der Waals surface area contributed by atoms with Crippen molar-refractivity contribution >= 4 is 81.0 Å². The lowest BCUT2D eigenvalue weighted by molar-refractivity contribution is -0.150. The van der Waals surface area contributed by atoms with Gasteiger partial charge in [0.2, 0.25) is 5.16 Å². The van der Waals surface area contributed by atoms with Gasteiger partial charge < -0.3 is 31.4 Å². The Kier molecular flexibility index (Phi) is 9.75. The number of aromatic hydroxyl groups is 1. The van der Waals surface area contributed by atoms with Crippen molar-refractivity contribution in [1.29, 1.82) is 0 Å². The van der Waals surface area contributed by atoms with Crippen LogP contribution in [0.3, 0.4) is 0 Å². The van der Waals surface area contributed by atoms with Crippen molar-refractivity contribution in [2.45, 2.75) is 16.6 Å². The van der Waals surface area contributed by atoms with Crippen LogP contribution in [0.15, 0.2) is 45.2 Å². The van der Waals surface area contributed by atoms with Gasteiger partial charge >= 0.3 is 5.97 Å². The summed E-state index contributed by atoms with van der Waals surface area (Å²) in [5.41, 5.74) is 5.89. The molecule has 2 aliphatic heterocycles. The molecule has 45 heavy (non-hydrogen) atoms. The molecule has 6 N–H and O–H groups in total. The number of fused-ring (bicyclic) bond motifs is 1. The largest absolute Gasteiger partial charge is 0.507 e. The van der Waals surface area contributed by atoms with Gasteiger partial charge in [0, 0.05) is 29.0 Å². The number of hydrogen-bond donors (Lipinski definition) is 5. The van der Waals surface area contributed by atoms with Crippen molar-refractivity contribution in [1.82, 2.24) is 40.7 Å². The minimum Gasteiger partial charge on any atom is -0.507 e. The van der Waals surface area contributed by atoms with Gasteiger partial charge in [-0.05, 0) is 34.2 Å². The van der Waals surface area contributed by atoms with Crippen molar-refractivity contribution < 1.29 is 34.2 Å².